The Labute approximate surface area is 170 Å². The second kappa shape index (κ2) is 9.05. The molecule has 1 aliphatic heterocycles. The summed E-state index contributed by atoms with van der Waals surface area (Å²) in [7, 11) is 3.95. The third kappa shape index (κ3) is 4.92. The van der Waals surface area contributed by atoms with Crippen LogP contribution in [0.3, 0.4) is 0 Å². The highest BCUT2D eigenvalue weighted by Crippen LogP contribution is 2.26. The zero-order chi connectivity index (χ0) is 21.0. The van der Waals surface area contributed by atoms with E-state index < -0.39 is 11.5 Å². The van der Waals surface area contributed by atoms with E-state index in [1.54, 1.807) is 17.0 Å². The van der Waals surface area contributed by atoms with Gasteiger partial charge in [-0.15, -0.1) is 0 Å². The number of carboxylic acids is 1. The maximum Gasteiger partial charge on any atom is 0.303 e. The second-order valence-electron chi connectivity index (χ2n) is 7.74. The van der Waals surface area contributed by atoms with E-state index in [4.69, 9.17) is 5.11 Å². The number of carbonyl (C=O) groups excluding carboxylic acids is 1. The maximum absolute atomic E-state index is 13.0. The molecule has 0 spiro atoms. The number of aromatic amines is 1. The monoisotopic (exact) mass is 397 g/mol. The predicted octanol–water partition coefficient (Wildman–Crippen LogP) is 2.30. The van der Waals surface area contributed by atoms with Gasteiger partial charge in [0, 0.05) is 31.2 Å². The summed E-state index contributed by atoms with van der Waals surface area (Å²) in [6.07, 6.45) is 1.33. The van der Waals surface area contributed by atoms with Crippen LogP contribution in [-0.4, -0.2) is 65.0 Å². The Balaban J connectivity index is 1.77. The average Bonchev–Trinajstić information content (AvgIpc) is 2.72. The quantitative estimate of drug-likeness (QED) is 0.780. The first-order valence-electron chi connectivity index (χ1n) is 9.83. The van der Waals surface area contributed by atoms with Crippen LogP contribution in [0.2, 0.25) is 0 Å². The topological polar surface area (TPSA) is 93.7 Å². The van der Waals surface area contributed by atoms with E-state index >= 15 is 0 Å². The number of carbonyl (C=O) groups is 2. The van der Waals surface area contributed by atoms with Gasteiger partial charge in [-0.25, -0.2) is 0 Å². The van der Waals surface area contributed by atoms with Gasteiger partial charge >= 0.3 is 5.97 Å². The molecule has 1 aromatic carbocycles. The third-order valence-electron chi connectivity index (χ3n) is 5.60. The molecule has 0 saturated carbocycles. The average molecular weight is 397 g/mol. The van der Waals surface area contributed by atoms with E-state index in [1.807, 2.05) is 44.4 Å². The van der Waals surface area contributed by atoms with Gasteiger partial charge in [-0.05, 0) is 50.6 Å². The number of aliphatic carboxylic acids is 1. The van der Waals surface area contributed by atoms with Gasteiger partial charge < -0.3 is 19.9 Å². The van der Waals surface area contributed by atoms with Gasteiger partial charge in [0.2, 0.25) is 0 Å². The lowest BCUT2D eigenvalue weighted by molar-refractivity contribution is -0.137. The van der Waals surface area contributed by atoms with Crippen LogP contribution >= 0.6 is 0 Å². The zero-order valence-electron chi connectivity index (χ0n) is 16.8. The Bertz CT molecular complexity index is 923. The summed E-state index contributed by atoms with van der Waals surface area (Å²) in [5.74, 6) is -1.08. The molecule has 1 fully saturated rings. The highest BCUT2D eigenvalue weighted by Gasteiger charge is 2.33. The van der Waals surface area contributed by atoms with Crippen molar-refractivity contribution < 1.29 is 14.7 Å². The molecule has 2 aromatic rings. The van der Waals surface area contributed by atoms with Crippen molar-refractivity contribution in [1.82, 2.24) is 14.8 Å². The summed E-state index contributed by atoms with van der Waals surface area (Å²) in [5, 5.41) is 9.04. The van der Waals surface area contributed by atoms with Crippen LogP contribution in [0.4, 0.5) is 0 Å². The molecule has 1 aliphatic rings. The Morgan fingerprint density at radius 1 is 1.17 bits per heavy atom. The number of nitrogens with one attached hydrogen (secondary N) is 1. The maximum atomic E-state index is 13.0. The molecule has 7 nitrogen and oxygen atoms in total. The fraction of sp³-hybridized carbons (Fsp3) is 0.409. The predicted molar refractivity (Wildman–Crippen MR) is 111 cm³/mol. The van der Waals surface area contributed by atoms with E-state index in [-0.39, 0.29) is 29.9 Å². The van der Waals surface area contributed by atoms with E-state index in [9.17, 15) is 14.4 Å². The fourth-order valence-corrected chi connectivity index (χ4v) is 4.08. The van der Waals surface area contributed by atoms with Crippen molar-refractivity contribution >= 4 is 11.9 Å². The molecule has 29 heavy (non-hydrogen) atoms. The number of H-pyrrole nitrogens is 1. The molecule has 0 bridgehead atoms. The SMILES string of the molecule is CN(C)C1CCN(C(=O)c2ccc(-c3ccccc3)[nH]c2=O)CC1CCC(=O)O. The molecule has 3 rings (SSSR count). The summed E-state index contributed by atoms with van der Waals surface area (Å²) >= 11 is 0. The zero-order valence-corrected chi connectivity index (χ0v) is 16.8. The van der Waals surface area contributed by atoms with Gasteiger partial charge in [0.15, 0.2) is 0 Å². The summed E-state index contributed by atoms with van der Waals surface area (Å²) in [6, 6.07) is 13.0. The molecule has 154 valence electrons. The first kappa shape index (κ1) is 20.8. The fourth-order valence-electron chi connectivity index (χ4n) is 4.08. The number of nitrogens with zero attached hydrogens (tertiary/aromatic N) is 2. The number of piperidine rings is 1. The minimum Gasteiger partial charge on any atom is -0.481 e. The molecular weight excluding hydrogens is 370 g/mol. The van der Waals surface area contributed by atoms with Crippen molar-refractivity contribution in [3.63, 3.8) is 0 Å². The summed E-state index contributed by atoms with van der Waals surface area (Å²) < 4.78 is 0. The van der Waals surface area contributed by atoms with E-state index in [0.717, 1.165) is 12.0 Å². The van der Waals surface area contributed by atoms with Crippen LogP contribution < -0.4 is 5.56 Å². The molecule has 2 atom stereocenters. The lowest BCUT2D eigenvalue weighted by Crippen LogP contribution is -2.51. The van der Waals surface area contributed by atoms with Crippen molar-refractivity contribution in [3.05, 3.63) is 58.4 Å². The van der Waals surface area contributed by atoms with E-state index in [2.05, 4.69) is 9.88 Å². The van der Waals surface area contributed by atoms with Gasteiger partial charge in [-0.1, -0.05) is 30.3 Å². The number of hydrogen-bond acceptors (Lipinski definition) is 4. The minimum absolute atomic E-state index is 0.0569. The number of likely N-dealkylation sites (tertiary alicyclic amines) is 1. The van der Waals surface area contributed by atoms with Crippen molar-refractivity contribution in [1.29, 1.82) is 0 Å². The highest BCUT2D eigenvalue weighted by atomic mass is 16.4. The number of aromatic nitrogens is 1. The molecule has 1 aromatic heterocycles. The number of rotatable bonds is 6. The molecule has 2 unspecified atom stereocenters. The van der Waals surface area contributed by atoms with Gasteiger partial charge in [-0.2, -0.15) is 0 Å². The number of amides is 1. The molecule has 1 amide bonds. The molecule has 1 saturated heterocycles. The molecular formula is C22H27N3O4. The van der Waals surface area contributed by atoms with Crippen LogP contribution in [0.15, 0.2) is 47.3 Å². The Hall–Kier alpha value is -2.93. The van der Waals surface area contributed by atoms with Crippen LogP contribution in [0, 0.1) is 5.92 Å². The van der Waals surface area contributed by atoms with Gasteiger partial charge in [0.05, 0.1) is 0 Å². The Kier molecular flexibility index (Phi) is 6.49. The summed E-state index contributed by atoms with van der Waals surface area (Å²) in [4.78, 5) is 43.2. The first-order chi connectivity index (χ1) is 13.9. The normalized spacial score (nSPS) is 19.3. The van der Waals surface area contributed by atoms with E-state index in [1.165, 1.54) is 0 Å². The number of hydrogen-bond donors (Lipinski definition) is 2. The minimum atomic E-state index is -0.834. The van der Waals surface area contributed by atoms with Crippen LogP contribution in [-0.2, 0) is 4.79 Å². The van der Waals surface area contributed by atoms with Gasteiger partial charge in [-0.3, -0.25) is 14.4 Å². The number of carboxylic acid groups (broad SMARTS) is 1. The third-order valence-corrected chi connectivity index (χ3v) is 5.60. The standard InChI is InChI=1S/C22H27N3O4/c1-24(2)19-12-13-25(14-16(19)8-11-20(26)27)22(29)17-9-10-18(23-21(17)28)15-6-4-3-5-7-15/h3-7,9-10,16,19H,8,11-14H2,1-2H3,(H,23,28)(H,26,27). The molecule has 7 heteroatoms. The lowest BCUT2D eigenvalue weighted by Gasteiger charge is -2.41. The lowest BCUT2D eigenvalue weighted by atomic mass is 9.87. The molecule has 2 heterocycles. The smallest absolute Gasteiger partial charge is 0.303 e. The molecule has 2 N–H and O–H groups in total. The number of benzene rings is 1. The van der Waals surface area contributed by atoms with Crippen molar-refractivity contribution in [2.24, 2.45) is 5.92 Å². The largest absolute Gasteiger partial charge is 0.481 e. The van der Waals surface area contributed by atoms with Gasteiger partial charge in [0.1, 0.15) is 5.56 Å². The summed E-state index contributed by atoms with van der Waals surface area (Å²) in [6.45, 7) is 1.000. The van der Waals surface area contributed by atoms with Crippen molar-refractivity contribution in [2.75, 3.05) is 27.2 Å². The van der Waals surface area contributed by atoms with Crippen molar-refractivity contribution in [3.8, 4) is 11.3 Å². The first-order valence-corrected chi connectivity index (χ1v) is 9.83. The van der Waals surface area contributed by atoms with Gasteiger partial charge in [0.25, 0.3) is 11.5 Å². The Morgan fingerprint density at radius 2 is 1.90 bits per heavy atom. The Morgan fingerprint density at radius 3 is 2.52 bits per heavy atom. The van der Waals surface area contributed by atoms with E-state index in [0.29, 0.717) is 25.2 Å². The highest BCUT2D eigenvalue weighted by molar-refractivity contribution is 5.94. The molecule has 0 aliphatic carbocycles. The van der Waals surface area contributed by atoms with Crippen LogP contribution in [0.1, 0.15) is 29.6 Å². The second-order valence-corrected chi connectivity index (χ2v) is 7.74. The number of pyridine rings is 1. The van der Waals surface area contributed by atoms with Crippen LogP contribution in [0.25, 0.3) is 11.3 Å². The van der Waals surface area contributed by atoms with Crippen LogP contribution in [0.5, 0.6) is 0 Å². The van der Waals surface area contributed by atoms with Crippen molar-refractivity contribution in [2.45, 2.75) is 25.3 Å². The molecule has 0 radical (unpaired) electrons. The summed E-state index contributed by atoms with van der Waals surface area (Å²) in [5.41, 5.74) is 1.25.